The van der Waals surface area contributed by atoms with Gasteiger partial charge >= 0.3 is 0 Å². The average molecular weight is 236 g/mol. The Labute approximate surface area is 102 Å². The van der Waals surface area contributed by atoms with Crippen molar-refractivity contribution in [3.63, 3.8) is 0 Å². The molecule has 0 aliphatic carbocycles. The van der Waals surface area contributed by atoms with Crippen LogP contribution in [0.4, 0.5) is 5.82 Å². The Bertz CT molecular complexity index is 358. The molecule has 0 bridgehead atoms. The van der Waals surface area contributed by atoms with Crippen molar-refractivity contribution in [3.05, 3.63) is 12.4 Å². The second-order valence-corrected chi connectivity index (χ2v) is 4.25. The highest BCUT2D eigenvalue weighted by molar-refractivity contribution is 5.48. The van der Waals surface area contributed by atoms with E-state index in [2.05, 4.69) is 27.1 Å². The van der Waals surface area contributed by atoms with E-state index in [4.69, 9.17) is 4.74 Å². The molecule has 5 heteroatoms. The first-order valence-corrected chi connectivity index (χ1v) is 6.21. The van der Waals surface area contributed by atoms with Crippen LogP contribution in [0.5, 0.6) is 5.88 Å². The minimum absolute atomic E-state index is 0.538. The molecule has 0 spiro atoms. The van der Waals surface area contributed by atoms with Crippen LogP contribution in [0, 0.1) is 0 Å². The Balaban J connectivity index is 2.09. The number of hydrogen-bond acceptors (Lipinski definition) is 5. The highest BCUT2D eigenvalue weighted by Gasteiger charge is 2.24. The summed E-state index contributed by atoms with van der Waals surface area (Å²) in [4.78, 5) is 10.9. The van der Waals surface area contributed by atoms with Crippen molar-refractivity contribution in [1.82, 2.24) is 15.3 Å². The first-order valence-electron chi connectivity index (χ1n) is 6.21. The summed E-state index contributed by atoms with van der Waals surface area (Å²) in [6, 6.07) is 0.538. The fraction of sp³-hybridized carbons (Fsp3) is 0.667. The first kappa shape index (κ1) is 12.1. The van der Waals surface area contributed by atoms with E-state index in [1.165, 1.54) is 0 Å². The van der Waals surface area contributed by atoms with Gasteiger partial charge in [-0.1, -0.05) is 6.92 Å². The van der Waals surface area contributed by atoms with Crippen molar-refractivity contribution < 1.29 is 4.74 Å². The maximum atomic E-state index is 5.63. The molecule has 0 radical (unpaired) electrons. The molecule has 2 heterocycles. The molecule has 1 saturated heterocycles. The fourth-order valence-corrected chi connectivity index (χ4v) is 2.02. The van der Waals surface area contributed by atoms with Gasteiger partial charge in [0.25, 0.3) is 5.88 Å². The van der Waals surface area contributed by atoms with Crippen LogP contribution >= 0.6 is 0 Å². The number of nitrogens with one attached hydrogen (secondary N) is 1. The van der Waals surface area contributed by atoms with E-state index in [9.17, 15) is 0 Å². The van der Waals surface area contributed by atoms with Gasteiger partial charge < -0.3 is 15.0 Å². The molecule has 1 N–H and O–H groups in total. The van der Waals surface area contributed by atoms with Crippen molar-refractivity contribution in [2.75, 3.05) is 31.6 Å². The zero-order valence-electron chi connectivity index (χ0n) is 10.5. The van der Waals surface area contributed by atoms with Crippen molar-refractivity contribution in [2.45, 2.75) is 25.8 Å². The minimum Gasteiger partial charge on any atom is -0.475 e. The monoisotopic (exact) mass is 236 g/mol. The van der Waals surface area contributed by atoms with E-state index in [1.807, 2.05) is 7.05 Å². The van der Waals surface area contributed by atoms with Crippen LogP contribution in [0.3, 0.4) is 0 Å². The van der Waals surface area contributed by atoms with Crippen LogP contribution in [-0.4, -0.2) is 42.8 Å². The Kier molecular flexibility index (Phi) is 4.14. The SMILES string of the molecule is CCCOc1nccnc1N1CC[C@H](NC)C1. The summed E-state index contributed by atoms with van der Waals surface area (Å²) < 4.78 is 5.63. The number of nitrogens with zero attached hydrogens (tertiary/aromatic N) is 3. The molecule has 17 heavy (non-hydrogen) atoms. The van der Waals surface area contributed by atoms with E-state index in [0.29, 0.717) is 18.5 Å². The van der Waals surface area contributed by atoms with E-state index in [1.54, 1.807) is 12.4 Å². The molecule has 1 fully saturated rings. The lowest BCUT2D eigenvalue weighted by Crippen LogP contribution is -2.30. The zero-order chi connectivity index (χ0) is 12.1. The molecule has 1 aliphatic heterocycles. The number of hydrogen-bond donors (Lipinski definition) is 1. The quantitative estimate of drug-likeness (QED) is 0.828. The summed E-state index contributed by atoms with van der Waals surface area (Å²) in [5.41, 5.74) is 0. The van der Waals surface area contributed by atoms with Crippen LogP contribution in [0.15, 0.2) is 12.4 Å². The maximum Gasteiger partial charge on any atom is 0.257 e. The Hall–Kier alpha value is -1.36. The predicted octanol–water partition coefficient (Wildman–Crippen LogP) is 1.06. The number of aromatic nitrogens is 2. The number of rotatable bonds is 5. The van der Waals surface area contributed by atoms with Gasteiger partial charge in [-0.25, -0.2) is 9.97 Å². The highest BCUT2D eigenvalue weighted by Crippen LogP contribution is 2.26. The second kappa shape index (κ2) is 5.82. The van der Waals surface area contributed by atoms with Crippen molar-refractivity contribution in [3.8, 4) is 5.88 Å². The van der Waals surface area contributed by atoms with Gasteiger partial charge in [0, 0.05) is 31.5 Å². The van der Waals surface area contributed by atoms with Crippen molar-refractivity contribution in [2.24, 2.45) is 0 Å². The minimum atomic E-state index is 0.538. The van der Waals surface area contributed by atoms with E-state index in [-0.39, 0.29) is 0 Å². The van der Waals surface area contributed by atoms with Crippen LogP contribution in [-0.2, 0) is 0 Å². The lowest BCUT2D eigenvalue weighted by Gasteiger charge is -2.19. The molecule has 94 valence electrons. The molecule has 0 saturated carbocycles. The molecule has 0 amide bonds. The Morgan fingerprint density at radius 2 is 2.29 bits per heavy atom. The van der Waals surface area contributed by atoms with E-state index >= 15 is 0 Å². The van der Waals surface area contributed by atoms with Crippen LogP contribution in [0.25, 0.3) is 0 Å². The smallest absolute Gasteiger partial charge is 0.257 e. The largest absolute Gasteiger partial charge is 0.475 e. The second-order valence-electron chi connectivity index (χ2n) is 4.25. The van der Waals surface area contributed by atoms with Crippen LogP contribution in [0.2, 0.25) is 0 Å². The van der Waals surface area contributed by atoms with Crippen molar-refractivity contribution in [1.29, 1.82) is 0 Å². The van der Waals surface area contributed by atoms with Crippen LogP contribution < -0.4 is 15.0 Å². The summed E-state index contributed by atoms with van der Waals surface area (Å²) in [7, 11) is 2.00. The van der Waals surface area contributed by atoms with Crippen molar-refractivity contribution >= 4 is 5.82 Å². The van der Waals surface area contributed by atoms with Gasteiger partial charge in [-0.3, -0.25) is 0 Å². The normalized spacial score (nSPS) is 19.6. The van der Waals surface area contributed by atoms with Gasteiger partial charge in [-0.15, -0.1) is 0 Å². The maximum absolute atomic E-state index is 5.63. The third-order valence-corrected chi connectivity index (χ3v) is 2.99. The lowest BCUT2D eigenvalue weighted by molar-refractivity contribution is 0.304. The Morgan fingerprint density at radius 1 is 1.47 bits per heavy atom. The number of ether oxygens (including phenoxy) is 1. The average Bonchev–Trinajstić information content (AvgIpc) is 2.85. The molecule has 5 nitrogen and oxygen atoms in total. The third-order valence-electron chi connectivity index (χ3n) is 2.99. The number of anilines is 1. The molecule has 2 rings (SSSR count). The zero-order valence-corrected chi connectivity index (χ0v) is 10.5. The number of likely N-dealkylation sites (N-methyl/N-ethyl adjacent to an activating group) is 1. The van der Waals surface area contributed by atoms with E-state index < -0.39 is 0 Å². The van der Waals surface area contributed by atoms with Gasteiger partial charge in [0.15, 0.2) is 5.82 Å². The third kappa shape index (κ3) is 2.85. The molecule has 0 unspecified atom stereocenters. The molecular formula is C12H20N4O. The lowest BCUT2D eigenvalue weighted by atomic mass is 10.3. The van der Waals surface area contributed by atoms with Gasteiger partial charge in [-0.2, -0.15) is 0 Å². The molecular weight excluding hydrogens is 216 g/mol. The van der Waals surface area contributed by atoms with E-state index in [0.717, 1.165) is 31.7 Å². The van der Waals surface area contributed by atoms with Crippen LogP contribution in [0.1, 0.15) is 19.8 Å². The molecule has 1 aromatic heterocycles. The summed E-state index contributed by atoms with van der Waals surface area (Å²) in [5.74, 6) is 1.53. The molecule has 1 aromatic rings. The molecule has 0 aromatic carbocycles. The fourth-order valence-electron chi connectivity index (χ4n) is 2.02. The highest BCUT2D eigenvalue weighted by atomic mass is 16.5. The summed E-state index contributed by atoms with van der Waals surface area (Å²) in [6.07, 6.45) is 5.52. The predicted molar refractivity (Wildman–Crippen MR) is 67.5 cm³/mol. The molecule has 1 aliphatic rings. The standard InChI is InChI=1S/C12H20N4O/c1-3-8-17-12-11(14-5-6-15-12)16-7-4-10(9-16)13-2/h5-6,10,13H,3-4,7-9H2,1-2H3/t10-/m0/s1. The summed E-state index contributed by atoms with van der Waals surface area (Å²) >= 11 is 0. The summed E-state index contributed by atoms with van der Waals surface area (Å²) in [6.45, 7) is 4.75. The molecule has 1 atom stereocenters. The van der Waals surface area contributed by atoms with Gasteiger partial charge in [0.2, 0.25) is 0 Å². The topological polar surface area (TPSA) is 50.3 Å². The van der Waals surface area contributed by atoms with Gasteiger partial charge in [0.1, 0.15) is 0 Å². The van der Waals surface area contributed by atoms with Gasteiger partial charge in [-0.05, 0) is 19.9 Å². The Morgan fingerprint density at radius 3 is 3.00 bits per heavy atom. The van der Waals surface area contributed by atoms with Gasteiger partial charge in [0.05, 0.1) is 6.61 Å². The first-order chi connectivity index (χ1) is 8.35. The summed E-state index contributed by atoms with van der Waals surface area (Å²) in [5, 5.41) is 3.30.